The van der Waals surface area contributed by atoms with E-state index in [1.807, 2.05) is 70.3 Å². The summed E-state index contributed by atoms with van der Waals surface area (Å²) in [5.41, 5.74) is 7.21. The predicted octanol–water partition coefficient (Wildman–Crippen LogP) is 9.05. The van der Waals surface area contributed by atoms with Crippen LogP contribution in [0.25, 0.3) is 27.9 Å². The number of hydrogen-bond donors (Lipinski definition) is 2. The van der Waals surface area contributed by atoms with Crippen LogP contribution in [0.1, 0.15) is 156 Å². The molecule has 3 aromatic carbocycles. The van der Waals surface area contributed by atoms with Crippen molar-refractivity contribution in [2.24, 2.45) is 11.3 Å². The number of benzene rings is 3. The number of nitrogens with zero attached hydrogens (tertiary/aromatic N) is 9. The fourth-order valence-electron chi connectivity index (χ4n) is 14.3. The van der Waals surface area contributed by atoms with Crippen LogP contribution in [0.3, 0.4) is 0 Å². The van der Waals surface area contributed by atoms with Crippen molar-refractivity contribution < 1.29 is 23.8 Å². The molecule has 2 aliphatic carbocycles. The highest BCUT2D eigenvalue weighted by molar-refractivity contribution is 6.35. The van der Waals surface area contributed by atoms with Crippen molar-refractivity contribution in [3.05, 3.63) is 123 Å². The molecule has 4 atom stereocenters. The second-order valence-electron chi connectivity index (χ2n) is 24.6. The quantitative estimate of drug-likeness (QED) is 0.119. The fourth-order valence-corrected chi connectivity index (χ4v) is 14.6. The Hall–Kier alpha value is -5.78. The number of halogens is 1. The molecule has 4 aliphatic heterocycles. The number of ether oxygens (including phenoxy) is 1. The van der Waals surface area contributed by atoms with Gasteiger partial charge >= 0.3 is 0 Å². The zero-order valence-corrected chi connectivity index (χ0v) is 46.5. The molecule has 6 aromatic rings. The Morgan fingerprint density at radius 3 is 2.38 bits per heavy atom. The molecular weight excluding hydrogens is 1000 g/mol. The molecular formula is C61H75ClN10O6. The Bertz CT molecular complexity index is 3210. The number of carbonyl (C=O) groups is 2. The zero-order chi connectivity index (χ0) is 53.9. The van der Waals surface area contributed by atoms with E-state index < -0.39 is 23.6 Å². The molecule has 7 heterocycles. The van der Waals surface area contributed by atoms with Crippen LogP contribution in [0.15, 0.2) is 82.5 Å². The Kier molecular flexibility index (Phi) is 14.7. The number of likely N-dealkylation sites (tertiary alicyclic amines) is 2. The Morgan fingerprint density at radius 2 is 1.67 bits per heavy atom. The van der Waals surface area contributed by atoms with Crippen LogP contribution in [-0.4, -0.2) is 132 Å². The highest BCUT2D eigenvalue weighted by Crippen LogP contribution is 2.52. The van der Waals surface area contributed by atoms with Gasteiger partial charge in [0.25, 0.3) is 5.56 Å². The van der Waals surface area contributed by atoms with Gasteiger partial charge in [-0.2, -0.15) is 4.98 Å². The highest BCUT2D eigenvalue weighted by Gasteiger charge is 2.48. The smallest absolute Gasteiger partial charge is 0.282 e. The minimum absolute atomic E-state index is 0.0610. The maximum atomic E-state index is 14.9. The van der Waals surface area contributed by atoms with E-state index in [9.17, 15) is 19.5 Å². The van der Waals surface area contributed by atoms with Gasteiger partial charge in [0.15, 0.2) is 12.2 Å². The second kappa shape index (κ2) is 21.7. The number of hydrogen-bond acceptors (Lipinski definition) is 12. The topological polar surface area (TPSA) is 177 Å². The molecule has 2 N–H and O–H groups in total. The number of β-amino-alcohol motifs (C(OH)–C–C–N with tert-alkyl or cyclic N) is 1. The summed E-state index contributed by atoms with van der Waals surface area (Å²) in [7, 11) is 0. The lowest BCUT2D eigenvalue weighted by molar-refractivity contribution is -0.144. The first kappa shape index (κ1) is 52.9. The van der Waals surface area contributed by atoms with Crippen LogP contribution < -0.4 is 10.9 Å². The number of amides is 2. The van der Waals surface area contributed by atoms with Gasteiger partial charge < -0.3 is 29.4 Å². The van der Waals surface area contributed by atoms with Crippen LogP contribution >= 0.6 is 11.6 Å². The number of aryl methyl sites for hydroxylation is 1. The zero-order valence-electron chi connectivity index (χ0n) is 45.7. The van der Waals surface area contributed by atoms with E-state index in [0.29, 0.717) is 47.8 Å². The first-order valence-electron chi connectivity index (χ1n) is 28.8. The van der Waals surface area contributed by atoms with Gasteiger partial charge in [0, 0.05) is 56.8 Å². The lowest BCUT2D eigenvalue weighted by atomic mass is 9.69. The van der Waals surface area contributed by atoms with Crippen molar-refractivity contribution in [1.29, 1.82) is 0 Å². The third-order valence-corrected chi connectivity index (χ3v) is 18.8. The van der Waals surface area contributed by atoms with Crippen molar-refractivity contribution in [2.45, 2.75) is 146 Å². The maximum absolute atomic E-state index is 14.9. The number of piperidine rings is 1. The van der Waals surface area contributed by atoms with Gasteiger partial charge in [-0.15, -0.1) is 5.10 Å². The van der Waals surface area contributed by atoms with Crippen molar-refractivity contribution >= 4 is 34.3 Å². The van der Waals surface area contributed by atoms with Crippen LogP contribution in [0.5, 0.6) is 0 Å². The maximum Gasteiger partial charge on any atom is 0.282 e. The summed E-state index contributed by atoms with van der Waals surface area (Å²) < 4.78 is 15.3. The normalized spacial score (nSPS) is 23.8. The second-order valence-corrected chi connectivity index (χ2v) is 25.0. The van der Waals surface area contributed by atoms with Crippen molar-refractivity contribution in [3.63, 3.8) is 0 Å². The van der Waals surface area contributed by atoms with E-state index in [1.54, 1.807) is 15.6 Å². The molecule has 78 heavy (non-hydrogen) atoms. The molecule has 412 valence electrons. The van der Waals surface area contributed by atoms with Gasteiger partial charge in [-0.1, -0.05) is 99.3 Å². The Balaban J connectivity index is 0.676. The number of rotatable bonds is 12. The fraction of sp³-hybridized carbons (Fsp3) is 0.557. The summed E-state index contributed by atoms with van der Waals surface area (Å²) in [5, 5.41) is 24.7. The van der Waals surface area contributed by atoms with Crippen molar-refractivity contribution in [2.75, 3.05) is 59.0 Å². The molecule has 0 bridgehead atoms. The van der Waals surface area contributed by atoms with Crippen molar-refractivity contribution in [1.82, 2.24) is 49.5 Å². The number of morpholine rings is 1. The van der Waals surface area contributed by atoms with Gasteiger partial charge in [-0.3, -0.25) is 23.9 Å². The van der Waals surface area contributed by atoms with Gasteiger partial charge in [0.2, 0.25) is 11.8 Å². The average molecular weight is 1080 g/mol. The lowest BCUT2D eigenvalue weighted by Gasteiger charge is -2.37. The van der Waals surface area contributed by atoms with Crippen LogP contribution in [-0.2, 0) is 19.7 Å². The lowest BCUT2D eigenvalue weighted by Crippen LogP contribution is -2.52. The van der Waals surface area contributed by atoms with E-state index in [0.717, 1.165) is 131 Å². The predicted molar refractivity (Wildman–Crippen MR) is 299 cm³/mol. The van der Waals surface area contributed by atoms with Gasteiger partial charge in [0.1, 0.15) is 17.9 Å². The number of carbonyl (C=O) groups excluding carboxylic acids is 2. The molecule has 0 unspecified atom stereocenters. The van der Waals surface area contributed by atoms with Crippen molar-refractivity contribution in [3.8, 4) is 17.0 Å². The monoisotopic (exact) mass is 1080 g/mol. The summed E-state index contributed by atoms with van der Waals surface area (Å²) in [4.78, 5) is 58.5. The number of oxazole rings is 1. The molecule has 1 spiro atoms. The molecule has 12 rings (SSSR count). The molecule has 17 heteroatoms. The summed E-state index contributed by atoms with van der Waals surface area (Å²) in [6.45, 7) is 14.6. The van der Waals surface area contributed by atoms with Gasteiger partial charge in [0.05, 0.1) is 63.8 Å². The van der Waals surface area contributed by atoms with E-state index in [-0.39, 0.29) is 47.7 Å². The summed E-state index contributed by atoms with van der Waals surface area (Å²) in [6, 6.07) is 18.9. The first-order valence-corrected chi connectivity index (χ1v) is 29.2. The number of aliphatic hydroxyl groups excluding tert-OH is 1. The standard InChI is InChI=1S/C61H75ClN10O6/c1-38-54(78-37-63-38)43-17-15-41(16-18-43)48(35-69-27-29-77-30-28-69)64-56(74)52-32-45(73)34-70(52)58(76)55(60(2,3)4)71-36-49(66-67-71)42-13-11-39(12-14-42)33-68-25-21-40(22-26-68)44-19-20-46-51(31-44)72-50-10-8-9-47(62)53(50)57(75)65-59(72)61(46)23-6-5-7-24-61/h8-10,15-20,31,36-37,39-40,42,45,48,52,55,73H,5-7,11-14,21-30,32-35H2,1-4H3,(H,64,74)/t39?,42?,45-,48+,52+,55-/m1/s1. The van der Waals surface area contributed by atoms with Crippen LogP contribution in [0.2, 0.25) is 5.02 Å². The third kappa shape index (κ3) is 10.1. The van der Waals surface area contributed by atoms with E-state index in [4.69, 9.17) is 30.8 Å². The summed E-state index contributed by atoms with van der Waals surface area (Å²) in [5.74, 6) is 2.38. The third-order valence-electron chi connectivity index (χ3n) is 18.5. The number of nitrogens with one attached hydrogen (secondary N) is 1. The molecule has 6 aliphatic rings. The minimum atomic E-state index is -0.857. The average Bonchev–Trinajstić information content (AvgIpc) is 4.23. The first-order chi connectivity index (χ1) is 37.7. The molecule has 2 amide bonds. The number of fused-ring (bicyclic) bond motifs is 7. The van der Waals surface area contributed by atoms with E-state index in [1.165, 1.54) is 29.6 Å². The molecule has 3 aromatic heterocycles. The number of aromatic nitrogens is 6. The van der Waals surface area contributed by atoms with E-state index in [2.05, 4.69) is 48.1 Å². The summed E-state index contributed by atoms with van der Waals surface area (Å²) in [6.07, 6.45) is 14.7. The minimum Gasteiger partial charge on any atom is -0.443 e. The molecule has 0 radical (unpaired) electrons. The van der Waals surface area contributed by atoms with E-state index >= 15 is 0 Å². The molecule has 5 fully saturated rings. The largest absolute Gasteiger partial charge is 0.443 e. The Morgan fingerprint density at radius 1 is 0.910 bits per heavy atom. The summed E-state index contributed by atoms with van der Waals surface area (Å²) >= 11 is 6.66. The highest BCUT2D eigenvalue weighted by atomic mass is 35.5. The molecule has 2 saturated carbocycles. The molecule has 16 nitrogen and oxygen atoms in total. The SMILES string of the molecule is Cc1ncoc1-c1ccc([C@H](CN2CCOCC2)NC(=O)[C@@H]2C[C@@H](O)CN2C(=O)[C@@H](n2cc(C3CCC(CN4CCC(c5ccc6c(c5)-n5c(nc(=O)c7c(Cl)cccc75)C65CCCCC5)CC4)CC3)nn2)C(C)(C)C)cc1. The van der Waals surface area contributed by atoms with Gasteiger partial charge in [-0.05, 0) is 124 Å². The molecule has 3 saturated heterocycles. The van der Waals surface area contributed by atoms with Crippen LogP contribution in [0, 0.1) is 18.3 Å². The van der Waals surface area contributed by atoms with Crippen LogP contribution in [0.4, 0.5) is 0 Å². The number of aliphatic hydroxyl groups is 1. The Labute approximate surface area is 461 Å². The van der Waals surface area contributed by atoms with Gasteiger partial charge in [-0.25, -0.2) is 9.67 Å².